The predicted octanol–water partition coefficient (Wildman–Crippen LogP) is 1.16. The number of rotatable bonds is 1. The second kappa shape index (κ2) is 3.02. The number of hydrogen-bond donors (Lipinski definition) is 1. The molecule has 1 aromatic heterocycles. The minimum Gasteiger partial charge on any atom is -0.368 e. The van der Waals surface area contributed by atoms with E-state index in [9.17, 15) is 9.18 Å². The van der Waals surface area contributed by atoms with E-state index >= 15 is 0 Å². The smallest absolute Gasteiger partial charge is 0.221 e. The Balaban J connectivity index is 2.88. The Morgan fingerprint density at radius 1 is 1.36 bits per heavy atom. The average molecular weight is 191 g/mol. The van der Waals surface area contributed by atoms with Crippen LogP contribution in [0.2, 0.25) is 0 Å². The highest BCUT2D eigenvalue weighted by molar-refractivity contribution is 5.94. The molecule has 1 heterocycles. The van der Waals surface area contributed by atoms with Crippen LogP contribution in [0.4, 0.5) is 10.3 Å². The van der Waals surface area contributed by atoms with Crippen molar-refractivity contribution in [3.05, 3.63) is 29.7 Å². The fourth-order valence-electron chi connectivity index (χ4n) is 1.23. The van der Waals surface area contributed by atoms with Gasteiger partial charge in [0.05, 0.1) is 5.52 Å². The lowest BCUT2D eigenvalue weighted by Crippen LogP contribution is -2.00. The summed E-state index contributed by atoms with van der Waals surface area (Å²) in [5.74, 6) is -0.430. The molecular formula is C9H6FN3O. The van der Waals surface area contributed by atoms with Crippen molar-refractivity contribution in [3.63, 3.8) is 0 Å². The number of fused-ring (bicyclic) bond motifs is 1. The molecule has 0 spiro atoms. The lowest BCUT2D eigenvalue weighted by molar-refractivity contribution is 0.112. The zero-order chi connectivity index (χ0) is 10.1. The fourth-order valence-corrected chi connectivity index (χ4v) is 1.23. The molecule has 2 N–H and O–H groups in total. The topological polar surface area (TPSA) is 68.9 Å². The summed E-state index contributed by atoms with van der Waals surface area (Å²) in [6.07, 6.45) is 0.528. The maximum Gasteiger partial charge on any atom is 0.221 e. The molecule has 0 fully saturated rings. The van der Waals surface area contributed by atoms with Gasteiger partial charge in [-0.3, -0.25) is 4.79 Å². The van der Waals surface area contributed by atoms with Crippen molar-refractivity contribution < 1.29 is 9.18 Å². The molecule has 0 atom stereocenters. The van der Waals surface area contributed by atoms with Gasteiger partial charge in [0.15, 0.2) is 6.29 Å². The second-order valence-corrected chi connectivity index (χ2v) is 2.75. The van der Waals surface area contributed by atoms with Gasteiger partial charge in [-0.05, 0) is 18.2 Å². The van der Waals surface area contributed by atoms with Gasteiger partial charge in [-0.1, -0.05) is 0 Å². The number of nitrogens with zero attached hydrogens (tertiary/aromatic N) is 2. The number of carbonyl (C=O) groups excluding carboxylic acids is 1. The summed E-state index contributed by atoms with van der Waals surface area (Å²) in [4.78, 5) is 18.2. The first-order chi connectivity index (χ1) is 6.70. The maximum absolute atomic E-state index is 12.9. The molecule has 2 aromatic rings. The summed E-state index contributed by atoms with van der Waals surface area (Å²) >= 11 is 0. The van der Waals surface area contributed by atoms with Gasteiger partial charge in [-0.15, -0.1) is 0 Å². The van der Waals surface area contributed by atoms with Crippen molar-refractivity contribution in [2.24, 2.45) is 0 Å². The quantitative estimate of drug-likeness (QED) is 0.687. The van der Waals surface area contributed by atoms with Crippen LogP contribution < -0.4 is 5.73 Å². The van der Waals surface area contributed by atoms with Crippen LogP contribution in [0.25, 0.3) is 10.9 Å². The van der Waals surface area contributed by atoms with Crippen LogP contribution >= 0.6 is 0 Å². The first kappa shape index (κ1) is 8.55. The van der Waals surface area contributed by atoms with Crippen molar-refractivity contribution in [1.29, 1.82) is 0 Å². The van der Waals surface area contributed by atoms with E-state index in [1.54, 1.807) is 0 Å². The highest BCUT2D eigenvalue weighted by Gasteiger charge is 2.05. The molecule has 0 saturated carbocycles. The third kappa shape index (κ3) is 1.28. The number of hydrogen-bond acceptors (Lipinski definition) is 4. The summed E-state index contributed by atoms with van der Waals surface area (Å²) in [7, 11) is 0. The molecule has 0 bridgehead atoms. The normalized spacial score (nSPS) is 10.4. The molecule has 70 valence electrons. The maximum atomic E-state index is 12.9. The van der Waals surface area contributed by atoms with E-state index in [4.69, 9.17) is 5.73 Å². The molecule has 0 radical (unpaired) electrons. The van der Waals surface area contributed by atoms with E-state index in [1.165, 1.54) is 18.2 Å². The molecular weight excluding hydrogens is 185 g/mol. The highest BCUT2D eigenvalue weighted by atomic mass is 19.1. The second-order valence-electron chi connectivity index (χ2n) is 2.75. The van der Waals surface area contributed by atoms with Crippen LogP contribution in [0, 0.1) is 5.82 Å². The molecule has 0 amide bonds. The molecule has 0 aliphatic carbocycles. The van der Waals surface area contributed by atoms with Crippen molar-refractivity contribution in [1.82, 2.24) is 9.97 Å². The minimum absolute atomic E-state index is 0.00575. The Kier molecular flexibility index (Phi) is 1.85. The van der Waals surface area contributed by atoms with Crippen LogP contribution in [-0.2, 0) is 0 Å². The van der Waals surface area contributed by atoms with E-state index in [2.05, 4.69) is 9.97 Å². The molecule has 0 aliphatic heterocycles. The van der Waals surface area contributed by atoms with Gasteiger partial charge >= 0.3 is 0 Å². The Labute approximate surface area is 78.6 Å². The lowest BCUT2D eigenvalue weighted by atomic mass is 10.2. The van der Waals surface area contributed by atoms with Crippen LogP contribution in [0.1, 0.15) is 10.5 Å². The number of benzene rings is 1. The van der Waals surface area contributed by atoms with Crippen LogP contribution in [-0.4, -0.2) is 16.3 Å². The standard InChI is InChI=1S/C9H6FN3O/c10-5-1-2-7-6(3-5)8(4-14)13-9(11)12-7/h1-4H,(H2,11,12,13). The van der Waals surface area contributed by atoms with Gasteiger partial charge in [0.2, 0.25) is 5.95 Å². The van der Waals surface area contributed by atoms with Gasteiger partial charge in [0.1, 0.15) is 11.5 Å². The summed E-state index contributed by atoms with van der Waals surface area (Å²) in [6.45, 7) is 0. The number of aldehydes is 1. The van der Waals surface area contributed by atoms with Gasteiger partial charge in [0.25, 0.3) is 0 Å². The first-order valence-electron chi connectivity index (χ1n) is 3.88. The van der Waals surface area contributed by atoms with Crippen molar-refractivity contribution in [2.45, 2.75) is 0 Å². The van der Waals surface area contributed by atoms with Crippen LogP contribution in [0.5, 0.6) is 0 Å². The molecule has 1 aromatic carbocycles. The van der Waals surface area contributed by atoms with Gasteiger partial charge in [0, 0.05) is 5.39 Å². The molecule has 0 unspecified atom stereocenters. The van der Waals surface area contributed by atoms with Gasteiger partial charge in [-0.25, -0.2) is 14.4 Å². The molecule has 14 heavy (non-hydrogen) atoms. The summed E-state index contributed by atoms with van der Waals surface area (Å²) in [6, 6.07) is 3.91. The minimum atomic E-state index is -0.436. The largest absolute Gasteiger partial charge is 0.368 e. The third-order valence-electron chi connectivity index (χ3n) is 1.82. The molecule has 2 rings (SSSR count). The van der Waals surface area contributed by atoms with E-state index in [0.29, 0.717) is 17.2 Å². The SMILES string of the molecule is Nc1nc(C=O)c2cc(F)ccc2n1. The monoisotopic (exact) mass is 191 g/mol. The first-order valence-corrected chi connectivity index (χ1v) is 3.88. The Morgan fingerprint density at radius 3 is 2.86 bits per heavy atom. The number of nitrogens with two attached hydrogens (primary N) is 1. The summed E-state index contributed by atoms with van der Waals surface area (Å²) in [5.41, 5.74) is 5.93. The number of nitrogen functional groups attached to an aromatic ring is 1. The molecule has 0 aliphatic rings. The Bertz CT molecular complexity index is 513. The van der Waals surface area contributed by atoms with Crippen molar-refractivity contribution in [3.8, 4) is 0 Å². The molecule has 5 heteroatoms. The van der Waals surface area contributed by atoms with E-state index < -0.39 is 5.82 Å². The summed E-state index contributed by atoms with van der Waals surface area (Å²) in [5, 5.41) is 0.370. The lowest BCUT2D eigenvalue weighted by Gasteiger charge is -2.00. The summed E-state index contributed by atoms with van der Waals surface area (Å²) < 4.78 is 12.9. The molecule has 0 saturated heterocycles. The predicted molar refractivity (Wildman–Crippen MR) is 49.3 cm³/mol. The Hall–Kier alpha value is -2.04. The zero-order valence-electron chi connectivity index (χ0n) is 7.07. The zero-order valence-corrected chi connectivity index (χ0v) is 7.07. The van der Waals surface area contributed by atoms with E-state index in [1.807, 2.05) is 0 Å². The number of carbonyl (C=O) groups is 1. The van der Waals surface area contributed by atoms with Crippen molar-refractivity contribution in [2.75, 3.05) is 5.73 Å². The molecule has 4 nitrogen and oxygen atoms in total. The Morgan fingerprint density at radius 2 is 2.14 bits per heavy atom. The number of anilines is 1. The van der Waals surface area contributed by atoms with Crippen LogP contribution in [0.15, 0.2) is 18.2 Å². The highest BCUT2D eigenvalue weighted by Crippen LogP contribution is 2.16. The number of aromatic nitrogens is 2. The van der Waals surface area contributed by atoms with Crippen LogP contribution in [0.3, 0.4) is 0 Å². The average Bonchev–Trinajstić information content (AvgIpc) is 2.17. The number of halogens is 1. The van der Waals surface area contributed by atoms with Gasteiger partial charge in [-0.2, -0.15) is 0 Å². The van der Waals surface area contributed by atoms with E-state index in [-0.39, 0.29) is 11.6 Å². The van der Waals surface area contributed by atoms with E-state index in [0.717, 1.165) is 0 Å². The fraction of sp³-hybridized carbons (Fsp3) is 0. The van der Waals surface area contributed by atoms with Gasteiger partial charge < -0.3 is 5.73 Å². The third-order valence-corrected chi connectivity index (χ3v) is 1.82. The van der Waals surface area contributed by atoms with Crippen molar-refractivity contribution >= 4 is 23.1 Å².